The molecule has 0 N–H and O–H groups in total. The van der Waals surface area contributed by atoms with E-state index in [1.807, 2.05) is 48.5 Å². The van der Waals surface area contributed by atoms with Gasteiger partial charge in [-0.3, -0.25) is 23.5 Å². The van der Waals surface area contributed by atoms with Gasteiger partial charge in [-0.25, -0.2) is 0 Å². The number of benzene rings is 3. The lowest BCUT2D eigenvalue weighted by atomic mass is 9.87. The number of hydrogen-bond acceptors (Lipinski definition) is 4. The molecule has 3 aromatic carbocycles. The molecule has 6 nitrogen and oxygen atoms in total. The highest BCUT2D eigenvalue weighted by atomic mass is 32.2. The van der Waals surface area contributed by atoms with Crippen molar-refractivity contribution in [3.8, 4) is 0 Å². The minimum Gasteiger partial charge on any atom is -0.330 e. The molecule has 0 spiro atoms. The van der Waals surface area contributed by atoms with Gasteiger partial charge in [0.05, 0.1) is 28.0 Å². The van der Waals surface area contributed by atoms with E-state index in [0.29, 0.717) is 16.0 Å². The quantitative estimate of drug-likeness (QED) is 0.433. The van der Waals surface area contributed by atoms with Crippen LogP contribution in [-0.4, -0.2) is 50.1 Å². The Morgan fingerprint density at radius 2 is 1.22 bits per heavy atom. The second-order valence-corrected chi connectivity index (χ2v) is 9.29. The van der Waals surface area contributed by atoms with Crippen LogP contribution in [0.4, 0.5) is 0 Å². The summed E-state index contributed by atoms with van der Waals surface area (Å²) in [6.45, 7) is 0.263. The Morgan fingerprint density at radius 3 is 1.81 bits per heavy atom. The third-order valence-corrected chi connectivity index (χ3v) is 7.29. The van der Waals surface area contributed by atoms with Gasteiger partial charge in [0.25, 0.3) is 11.8 Å². The average molecular weight is 445 g/mol. The van der Waals surface area contributed by atoms with Gasteiger partial charge in [0, 0.05) is 17.2 Å². The van der Waals surface area contributed by atoms with Gasteiger partial charge in [-0.1, -0.05) is 60.7 Å². The number of amides is 3. The molecule has 3 atom stereocenters. The molecule has 0 radical (unpaired) electrons. The minimum absolute atomic E-state index is 0.263. The Labute approximate surface area is 187 Å². The molecule has 1 saturated heterocycles. The zero-order valence-corrected chi connectivity index (χ0v) is 17.9. The highest BCUT2D eigenvalue weighted by molar-refractivity contribution is 7.85. The third-order valence-electron chi connectivity index (χ3n) is 5.94. The first kappa shape index (κ1) is 20.3. The number of carbonyl (C=O) groups is 3. The molecule has 160 valence electrons. The zero-order chi connectivity index (χ0) is 22.2. The number of β-lactam (4-membered cyclic amide) rings is 1. The van der Waals surface area contributed by atoms with Gasteiger partial charge < -0.3 is 4.90 Å². The Balaban J connectivity index is 1.42. The summed E-state index contributed by atoms with van der Waals surface area (Å²) in [4.78, 5) is 42.6. The molecular formula is C25H20N2O4S. The number of nitrogens with zero attached hydrogens (tertiary/aromatic N) is 2. The van der Waals surface area contributed by atoms with Crippen molar-refractivity contribution in [2.75, 3.05) is 12.3 Å². The van der Waals surface area contributed by atoms with Crippen LogP contribution >= 0.6 is 0 Å². The highest BCUT2D eigenvalue weighted by Crippen LogP contribution is 2.41. The minimum atomic E-state index is -1.26. The molecule has 32 heavy (non-hydrogen) atoms. The van der Waals surface area contributed by atoms with Crippen LogP contribution in [0.5, 0.6) is 0 Å². The van der Waals surface area contributed by atoms with Gasteiger partial charge in [0.2, 0.25) is 5.91 Å². The molecule has 0 bridgehead atoms. The van der Waals surface area contributed by atoms with Crippen molar-refractivity contribution in [2.24, 2.45) is 0 Å². The lowest BCUT2D eigenvalue weighted by Crippen LogP contribution is -2.67. The molecule has 0 saturated carbocycles. The molecular weight excluding hydrogens is 424 g/mol. The molecule has 1 fully saturated rings. The van der Waals surface area contributed by atoms with Gasteiger partial charge in [-0.2, -0.15) is 0 Å². The van der Waals surface area contributed by atoms with Crippen LogP contribution < -0.4 is 0 Å². The third kappa shape index (κ3) is 3.26. The Bertz CT molecular complexity index is 1190. The van der Waals surface area contributed by atoms with Crippen LogP contribution in [0, 0.1) is 0 Å². The predicted octanol–water partition coefficient (Wildman–Crippen LogP) is 3.04. The summed E-state index contributed by atoms with van der Waals surface area (Å²) in [5.41, 5.74) is 1.47. The summed E-state index contributed by atoms with van der Waals surface area (Å²) in [5.74, 6) is -0.929. The van der Waals surface area contributed by atoms with Gasteiger partial charge in [-0.05, 0) is 29.8 Å². The van der Waals surface area contributed by atoms with Crippen molar-refractivity contribution in [1.29, 1.82) is 0 Å². The summed E-state index contributed by atoms with van der Waals surface area (Å²) in [6, 6.07) is 23.7. The first-order chi connectivity index (χ1) is 15.6. The maximum Gasteiger partial charge on any atom is 0.262 e. The highest BCUT2D eigenvalue weighted by Gasteiger charge is 2.56. The molecule has 2 aliphatic heterocycles. The van der Waals surface area contributed by atoms with Gasteiger partial charge in [0.1, 0.15) is 6.04 Å². The zero-order valence-electron chi connectivity index (χ0n) is 17.1. The monoisotopic (exact) mass is 444 g/mol. The maximum atomic E-state index is 13.2. The Hall–Kier alpha value is -3.58. The lowest BCUT2D eigenvalue weighted by Gasteiger charge is -2.50. The standard InChI is InChI=1S/C25H20N2O4S/c28-23-19-13-7-8-14-20(19)24(29)27(23)22-21(17-9-3-1-4-10-17)26(25(22)30)15-16-32(31)18-11-5-2-6-12-18/h1-14,21-22H,15-16H2/t21-,22+,32?/m1/s1. The fraction of sp³-hybridized carbons (Fsp3) is 0.160. The number of likely N-dealkylation sites (tertiary alicyclic amines) is 1. The van der Waals surface area contributed by atoms with Crippen LogP contribution in [0.25, 0.3) is 0 Å². The van der Waals surface area contributed by atoms with Crippen LogP contribution in [0.1, 0.15) is 32.3 Å². The second kappa shape index (κ2) is 8.16. The van der Waals surface area contributed by atoms with E-state index in [-0.39, 0.29) is 18.2 Å². The smallest absolute Gasteiger partial charge is 0.262 e. The number of carbonyl (C=O) groups excluding carboxylic acids is 3. The van der Waals surface area contributed by atoms with E-state index in [4.69, 9.17) is 0 Å². The molecule has 5 rings (SSSR count). The van der Waals surface area contributed by atoms with Crippen molar-refractivity contribution < 1.29 is 18.6 Å². The van der Waals surface area contributed by atoms with Gasteiger partial charge in [0.15, 0.2) is 0 Å². The van der Waals surface area contributed by atoms with Crippen LogP contribution in [0.15, 0.2) is 89.8 Å². The molecule has 2 aliphatic rings. The summed E-state index contributed by atoms with van der Waals surface area (Å²) in [6.07, 6.45) is 0. The van der Waals surface area contributed by atoms with E-state index in [1.54, 1.807) is 41.3 Å². The topological polar surface area (TPSA) is 74.8 Å². The van der Waals surface area contributed by atoms with Gasteiger partial charge in [-0.15, -0.1) is 0 Å². The molecule has 0 aliphatic carbocycles. The fourth-order valence-corrected chi connectivity index (χ4v) is 5.43. The van der Waals surface area contributed by atoms with Crippen molar-refractivity contribution in [3.05, 3.63) is 102 Å². The lowest BCUT2D eigenvalue weighted by molar-refractivity contribution is -0.155. The molecule has 1 unspecified atom stereocenters. The van der Waals surface area contributed by atoms with Crippen molar-refractivity contribution in [3.63, 3.8) is 0 Å². The van der Waals surface area contributed by atoms with Crippen molar-refractivity contribution in [1.82, 2.24) is 9.80 Å². The second-order valence-electron chi connectivity index (χ2n) is 7.72. The van der Waals surface area contributed by atoms with Gasteiger partial charge >= 0.3 is 0 Å². The number of imide groups is 1. The first-order valence-electron chi connectivity index (χ1n) is 10.3. The van der Waals surface area contributed by atoms with Crippen molar-refractivity contribution >= 4 is 28.5 Å². The van der Waals surface area contributed by atoms with E-state index >= 15 is 0 Å². The first-order valence-corrected chi connectivity index (χ1v) is 11.7. The normalized spacial score (nSPS) is 20.8. The molecule has 7 heteroatoms. The number of rotatable bonds is 6. The maximum absolute atomic E-state index is 13.2. The van der Waals surface area contributed by atoms with E-state index in [9.17, 15) is 18.6 Å². The summed E-state index contributed by atoms with van der Waals surface area (Å²) < 4.78 is 12.7. The molecule has 2 heterocycles. The number of fused-ring (bicyclic) bond motifs is 1. The summed E-state index contributed by atoms with van der Waals surface area (Å²) >= 11 is 0. The Morgan fingerprint density at radius 1 is 0.688 bits per heavy atom. The van der Waals surface area contributed by atoms with E-state index in [2.05, 4.69) is 0 Å². The van der Waals surface area contributed by atoms with Crippen LogP contribution in [-0.2, 0) is 15.6 Å². The summed E-state index contributed by atoms with van der Waals surface area (Å²) in [7, 11) is -1.26. The number of hydrogen-bond donors (Lipinski definition) is 0. The molecule has 0 aromatic heterocycles. The largest absolute Gasteiger partial charge is 0.330 e. The van der Waals surface area contributed by atoms with Crippen molar-refractivity contribution in [2.45, 2.75) is 17.0 Å². The predicted molar refractivity (Wildman–Crippen MR) is 119 cm³/mol. The Kier molecular flexibility index (Phi) is 5.19. The summed E-state index contributed by atoms with van der Waals surface area (Å²) in [5, 5.41) is 0. The van der Waals surface area contributed by atoms with Crippen LogP contribution in [0.2, 0.25) is 0 Å². The fourth-order valence-electron chi connectivity index (χ4n) is 4.38. The average Bonchev–Trinajstić information content (AvgIpc) is 3.08. The van der Waals surface area contributed by atoms with E-state index in [0.717, 1.165) is 10.5 Å². The van der Waals surface area contributed by atoms with E-state index in [1.165, 1.54) is 0 Å². The molecule has 3 amide bonds. The molecule has 3 aromatic rings. The SMILES string of the molecule is O=C1[C@@H](N2C(=O)c3ccccc3C2=O)[C@@H](c2ccccc2)N1CCS(=O)c1ccccc1. The van der Waals surface area contributed by atoms with E-state index < -0.39 is 34.7 Å². The van der Waals surface area contributed by atoms with Crippen LogP contribution in [0.3, 0.4) is 0 Å².